The molecule has 4 nitrogen and oxygen atoms in total. The molecule has 2 aromatic carbocycles. The minimum atomic E-state index is -0.350. The number of hydrogen-bond acceptors (Lipinski definition) is 3. The molecule has 1 amide bonds. The lowest BCUT2D eigenvalue weighted by Gasteiger charge is -2.12. The van der Waals surface area contributed by atoms with E-state index in [9.17, 15) is 9.18 Å². The molecule has 0 N–H and O–H groups in total. The van der Waals surface area contributed by atoms with Crippen LogP contribution in [0.2, 0.25) is 0 Å². The van der Waals surface area contributed by atoms with Crippen molar-refractivity contribution in [2.45, 2.75) is 0 Å². The molecule has 0 fully saturated rings. The van der Waals surface area contributed by atoms with Crippen molar-refractivity contribution in [1.82, 2.24) is 4.90 Å². The van der Waals surface area contributed by atoms with Gasteiger partial charge in [0, 0.05) is 25.9 Å². The van der Waals surface area contributed by atoms with Crippen molar-refractivity contribution in [3.63, 3.8) is 0 Å². The lowest BCUT2D eigenvalue weighted by atomic mass is 10.0. The summed E-state index contributed by atoms with van der Waals surface area (Å²) in [5, 5.41) is 5.76. The number of halogens is 1. The molecule has 0 saturated carbocycles. The number of amides is 1. The van der Waals surface area contributed by atoms with Gasteiger partial charge < -0.3 is 4.90 Å². The van der Waals surface area contributed by atoms with Crippen LogP contribution in [0.1, 0.15) is 5.56 Å². The van der Waals surface area contributed by atoms with Gasteiger partial charge in [-0.25, -0.2) is 4.39 Å². The van der Waals surface area contributed by atoms with Gasteiger partial charge in [-0.15, -0.1) is 0 Å². The largest absolute Gasteiger partial charge is 0.383 e. The fourth-order valence-corrected chi connectivity index (χ4v) is 2.36. The zero-order valence-corrected chi connectivity index (χ0v) is 12.9. The third-order valence-electron chi connectivity index (χ3n) is 3.38. The van der Waals surface area contributed by atoms with Crippen molar-refractivity contribution in [1.29, 1.82) is 0 Å². The second-order valence-corrected chi connectivity index (χ2v) is 5.41. The predicted octanol–water partition coefficient (Wildman–Crippen LogP) is 3.02. The molecule has 1 aliphatic heterocycles. The molecule has 0 atom stereocenters. The SMILES string of the molecule is CN(C)C=C1C(=O)N(c2ccc(F)cc2)N=C1c1ccccc1. The standard InChI is InChI=1S/C18H16FN3O/c1-21(2)12-16-17(13-6-4-3-5-7-13)20-22(18(16)23)15-10-8-14(19)9-11-15/h3-12H,1-2H3. The van der Waals surface area contributed by atoms with Gasteiger partial charge in [0.05, 0.1) is 11.3 Å². The lowest BCUT2D eigenvalue weighted by molar-refractivity contribution is -0.114. The summed E-state index contributed by atoms with van der Waals surface area (Å²) >= 11 is 0. The average Bonchev–Trinajstić information content (AvgIpc) is 2.86. The van der Waals surface area contributed by atoms with E-state index in [1.165, 1.54) is 29.3 Å². The Bertz CT molecular complexity index is 780. The van der Waals surface area contributed by atoms with Gasteiger partial charge in [-0.1, -0.05) is 30.3 Å². The fraction of sp³-hybridized carbons (Fsp3) is 0.111. The number of hydrazone groups is 1. The molecule has 0 unspecified atom stereocenters. The van der Waals surface area contributed by atoms with Crippen LogP contribution in [0.5, 0.6) is 0 Å². The minimum absolute atomic E-state index is 0.232. The van der Waals surface area contributed by atoms with Crippen LogP contribution in [0.25, 0.3) is 0 Å². The third kappa shape index (κ3) is 2.99. The Morgan fingerprint density at radius 1 is 1.04 bits per heavy atom. The second kappa shape index (κ2) is 6.04. The predicted molar refractivity (Wildman–Crippen MR) is 88.6 cm³/mol. The Hall–Kier alpha value is -2.95. The van der Waals surface area contributed by atoms with Gasteiger partial charge in [-0.2, -0.15) is 10.1 Å². The van der Waals surface area contributed by atoms with Crippen LogP contribution in [0.3, 0.4) is 0 Å². The second-order valence-electron chi connectivity index (χ2n) is 5.41. The van der Waals surface area contributed by atoms with E-state index < -0.39 is 0 Å². The summed E-state index contributed by atoms with van der Waals surface area (Å²) in [7, 11) is 3.70. The number of hydrogen-bond donors (Lipinski definition) is 0. The van der Waals surface area contributed by atoms with Gasteiger partial charge >= 0.3 is 0 Å². The quantitative estimate of drug-likeness (QED) is 0.817. The van der Waals surface area contributed by atoms with E-state index in [1.807, 2.05) is 44.4 Å². The molecule has 0 aromatic heterocycles. The highest BCUT2D eigenvalue weighted by Gasteiger charge is 2.32. The number of carbonyl (C=O) groups excluding carboxylic acids is 1. The maximum atomic E-state index is 13.1. The van der Waals surface area contributed by atoms with E-state index in [-0.39, 0.29) is 11.7 Å². The summed E-state index contributed by atoms with van der Waals surface area (Å²) in [5.74, 6) is -0.583. The van der Waals surface area contributed by atoms with Crippen LogP contribution in [-0.2, 0) is 4.79 Å². The maximum absolute atomic E-state index is 13.1. The molecule has 0 bridgehead atoms. The lowest BCUT2D eigenvalue weighted by Crippen LogP contribution is -2.22. The molecular formula is C18H16FN3O. The van der Waals surface area contributed by atoms with Crippen molar-refractivity contribution in [2.75, 3.05) is 19.1 Å². The molecule has 23 heavy (non-hydrogen) atoms. The molecule has 0 spiro atoms. The number of benzene rings is 2. The van der Waals surface area contributed by atoms with Crippen molar-refractivity contribution >= 4 is 17.3 Å². The third-order valence-corrected chi connectivity index (χ3v) is 3.38. The molecule has 116 valence electrons. The molecular weight excluding hydrogens is 293 g/mol. The highest BCUT2D eigenvalue weighted by atomic mass is 19.1. The van der Waals surface area contributed by atoms with Crippen LogP contribution in [0.4, 0.5) is 10.1 Å². The van der Waals surface area contributed by atoms with Crippen LogP contribution in [0.15, 0.2) is 71.5 Å². The summed E-state index contributed by atoms with van der Waals surface area (Å²) in [6.45, 7) is 0. The van der Waals surface area contributed by atoms with E-state index in [2.05, 4.69) is 5.10 Å². The monoisotopic (exact) mass is 309 g/mol. The van der Waals surface area contributed by atoms with Gasteiger partial charge in [-0.05, 0) is 24.3 Å². The van der Waals surface area contributed by atoms with Gasteiger partial charge in [0.1, 0.15) is 11.5 Å². The Morgan fingerprint density at radius 3 is 2.30 bits per heavy atom. The Kier molecular flexibility index (Phi) is 3.93. The van der Waals surface area contributed by atoms with Crippen LogP contribution in [0, 0.1) is 5.82 Å². The van der Waals surface area contributed by atoms with E-state index in [4.69, 9.17) is 0 Å². The molecule has 2 aromatic rings. The Labute approximate surface area is 134 Å². The van der Waals surface area contributed by atoms with Gasteiger partial charge in [0.25, 0.3) is 5.91 Å². The first-order valence-electron chi connectivity index (χ1n) is 7.19. The van der Waals surface area contributed by atoms with Crippen molar-refractivity contribution in [3.05, 3.63) is 77.8 Å². The zero-order chi connectivity index (χ0) is 16.4. The first kappa shape index (κ1) is 15.0. The molecule has 0 saturated heterocycles. The zero-order valence-electron chi connectivity index (χ0n) is 12.9. The first-order chi connectivity index (χ1) is 11.1. The molecule has 1 aliphatic rings. The number of carbonyl (C=O) groups is 1. The maximum Gasteiger partial charge on any atom is 0.282 e. The highest BCUT2D eigenvalue weighted by molar-refractivity contribution is 6.35. The molecule has 3 rings (SSSR count). The molecule has 5 heteroatoms. The van der Waals surface area contributed by atoms with Crippen molar-refractivity contribution in [3.8, 4) is 0 Å². The molecule has 1 heterocycles. The van der Waals surface area contributed by atoms with Crippen LogP contribution < -0.4 is 5.01 Å². The summed E-state index contributed by atoms with van der Waals surface area (Å²) in [6.07, 6.45) is 1.75. The smallest absolute Gasteiger partial charge is 0.282 e. The van der Waals surface area contributed by atoms with E-state index >= 15 is 0 Å². The summed E-state index contributed by atoms with van der Waals surface area (Å²) in [5.41, 5.74) is 2.50. The van der Waals surface area contributed by atoms with E-state index in [0.29, 0.717) is 17.0 Å². The van der Waals surface area contributed by atoms with Gasteiger partial charge in [0.15, 0.2) is 0 Å². The summed E-state index contributed by atoms with van der Waals surface area (Å²) < 4.78 is 13.1. The molecule has 0 aliphatic carbocycles. The normalized spacial score (nSPS) is 16.0. The average molecular weight is 309 g/mol. The number of nitrogens with zero attached hydrogens (tertiary/aromatic N) is 3. The Balaban J connectivity index is 2.08. The Morgan fingerprint density at radius 2 is 1.70 bits per heavy atom. The summed E-state index contributed by atoms with van der Waals surface area (Å²) in [4.78, 5) is 14.5. The van der Waals surface area contributed by atoms with Crippen molar-refractivity contribution in [2.24, 2.45) is 5.10 Å². The van der Waals surface area contributed by atoms with Crippen LogP contribution in [-0.4, -0.2) is 30.6 Å². The van der Waals surface area contributed by atoms with E-state index in [0.717, 1.165) is 5.56 Å². The van der Waals surface area contributed by atoms with Crippen molar-refractivity contribution < 1.29 is 9.18 Å². The van der Waals surface area contributed by atoms with Crippen LogP contribution >= 0.6 is 0 Å². The summed E-state index contributed by atoms with van der Waals surface area (Å²) in [6, 6.07) is 15.2. The number of anilines is 1. The number of rotatable bonds is 3. The minimum Gasteiger partial charge on any atom is -0.383 e. The van der Waals surface area contributed by atoms with Gasteiger partial charge in [0.2, 0.25) is 0 Å². The highest BCUT2D eigenvalue weighted by Crippen LogP contribution is 2.26. The van der Waals surface area contributed by atoms with Gasteiger partial charge in [-0.3, -0.25) is 4.79 Å². The fourth-order valence-electron chi connectivity index (χ4n) is 2.36. The first-order valence-corrected chi connectivity index (χ1v) is 7.19. The van der Waals surface area contributed by atoms with E-state index in [1.54, 1.807) is 11.1 Å². The topological polar surface area (TPSA) is 35.9 Å². The molecule has 0 radical (unpaired) electrons.